The summed E-state index contributed by atoms with van der Waals surface area (Å²) in [4.78, 5) is 11.4. The molecule has 0 aromatic rings. The Morgan fingerprint density at radius 3 is 2.73 bits per heavy atom. The number of urea groups is 1. The van der Waals surface area contributed by atoms with Crippen LogP contribution in [0.25, 0.3) is 0 Å². The lowest BCUT2D eigenvalue weighted by Gasteiger charge is -2.27. The largest absolute Gasteiger partial charge is 0.381 e. The maximum absolute atomic E-state index is 11.4. The highest BCUT2D eigenvalue weighted by Gasteiger charge is 2.20. The number of hydrogen-bond acceptors (Lipinski definition) is 2. The van der Waals surface area contributed by atoms with Crippen LogP contribution >= 0.6 is 0 Å². The maximum atomic E-state index is 11.4. The first-order valence-electron chi connectivity index (χ1n) is 5.96. The number of nitrogens with one attached hydrogen (secondary N) is 2. The van der Waals surface area contributed by atoms with Crippen molar-refractivity contribution in [3.8, 4) is 0 Å². The molecule has 0 aromatic carbocycles. The predicted octanol–water partition coefficient (Wildman–Crippen LogP) is 1.26. The summed E-state index contributed by atoms with van der Waals surface area (Å²) in [5.74, 6) is 0.505. The van der Waals surface area contributed by atoms with Gasteiger partial charge in [-0.25, -0.2) is 4.79 Å². The van der Waals surface area contributed by atoms with Crippen molar-refractivity contribution in [1.29, 1.82) is 0 Å². The van der Waals surface area contributed by atoms with Gasteiger partial charge in [0.05, 0.1) is 6.61 Å². The Morgan fingerprint density at radius 2 is 2.13 bits per heavy atom. The smallest absolute Gasteiger partial charge is 0.315 e. The van der Waals surface area contributed by atoms with Gasteiger partial charge in [0.2, 0.25) is 0 Å². The number of carbonyl (C=O) groups is 1. The summed E-state index contributed by atoms with van der Waals surface area (Å²) in [6.45, 7) is 2.42. The van der Waals surface area contributed by atoms with Gasteiger partial charge in [0.25, 0.3) is 0 Å². The Labute approximate surface area is 90.8 Å². The topological polar surface area (TPSA) is 50.4 Å². The molecule has 1 aliphatic carbocycles. The Morgan fingerprint density at radius 1 is 1.27 bits per heavy atom. The van der Waals surface area contributed by atoms with E-state index in [9.17, 15) is 4.79 Å². The van der Waals surface area contributed by atoms with Crippen LogP contribution in [0.4, 0.5) is 4.79 Å². The summed E-state index contributed by atoms with van der Waals surface area (Å²) in [5.41, 5.74) is 0. The fraction of sp³-hybridized carbons (Fsp3) is 0.909. The molecular formula is C11H20N2O2. The molecule has 15 heavy (non-hydrogen) atoms. The van der Waals surface area contributed by atoms with E-state index < -0.39 is 0 Å². The van der Waals surface area contributed by atoms with Gasteiger partial charge in [-0.3, -0.25) is 0 Å². The Kier molecular flexibility index (Phi) is 3.83. The zero-order valence-electron chi connectivity index (χ0n) is 9.13. The maximum Gasteiger partial charge on any atom is 0.315 e. The van der Waals surface area contributed by atoms with E-state index in [1.165, 1.54) is 12.8 Å². The van der Waals surface area contributed by atoms with Crippen molar-refractivity contribution in [1.82, 2.24) is 10.6 Å². The minimum absolute atomic E-state index is 0.00901. The quantitative estimate of drug-likeness (QED) is 0.740. The summed E-state index contributed by atoms with van der Waals surface area (Å²) in [7, 11) is 0. The van der Waals surface area contributed by atoms with Gasteiger partial charge in [-0.05, 0) is 38.0 Å². The van der Waals surface area contributed by atoms with Crippen LogP contribution in [0.5, 0.6) is 0 Å². The number of hydrogen-bond donors (Lipinski definition) is 2. The van der Waals surface area contributed by atoms with Crippen molar-refractivity contribution >= 4 is 6.03 Å². The minimum atomic E-state index is -0.00901. The lowest BCUT2D eigenvalue weighted by atomic mass is 9.93. The number of amides is 2. The Hall–Kier alpha value is -0.770. The first-order chi connectivity index (χ1) is 7.34. The molecule has 1 saturated carbocycles. The molecule has 0 aromatic heterocycles. The zero-order chi connectivity index (χ0) is 10.5. The van der Waals surface area contributed by atoms with Crippen LogP contribution in [-0.2, 0) is 4.74 Å². The van der Waals surface area contributed by atoms with Crippen LogP contribution in [0, 0.1) is 5.92 Å². The van der Waals surface area contributed by atoms with Crippen LogP contribution in [0.2, 0.25) is 0 Å². The third kappa shape index (κ3) is 3.38. The normalized spacial score (nSPS) is 26.8. The molecule has 1 unspecified atom stereocenters. The highest BCUT2D eigenvalue weighted by molar-refractivity contribution is 5.74. The van der Waals surface area contributed by atoms with Crippen LogP contribution in [-0.4, -0.2) is 31.8 Å². The molecular weight excluding hydrogens is 192 g/mol. The van der Waals surface area contributed by atoms with Gasteiger partial charge in [-0.15, -0.1) is 0 Å². The van der Waals surface area contributed by atoms with Crippen molar-refractivity contribution in [3.05, 3.63) is 0 Å². The molecule has 1 heterocycles. The molecule has 2 rings (SSSR count). The average Bonchev–Trinajstić information content (AvgIpc) is 2.22. The van der Waals surface area contributed by atoms with Crippen molar-refractivity contribution < 1.29 is 9.53 Å². The summed E-state index contributed by atoms with van der Waals surface area (Å²) >= 11 is 0. The van der Waals surface area contributed by atoms with Crippen molar-refractivity contribution in [2.24, 2.45) is 5.92 Å². The van der Waals surface area contributed by atoms with Gasteiger partial charge in [0.1, 0.15) is 0 Å². The minimum Gasteiger partial charge on any atom is -0.381 e. The van der Waals surface area contributed by atoms with Gasteiger partial charge in [-0.2, -0.15) is 0 Å². The summed E-state index contributed by atoms with van der Waals surface area (Å²) in [5, 5.41) is 5.89. The molecule has 1 atom stereocenters. The first-order valence-corrected chi connectivity index (χ1v) is 5.96. The molecule has 86 valence electrons. The van der Waals surface area contributed by atoms with E-state index in [-0.39, 0.29) is 6.03 Å². The zero-order valence-corrected chi connectivity index (χ0v) is 9.13. The van der Waals surface area contributed by atoms with Gasteiger partial charge < -0.3 is 15.4 Å². The Balaban J connectivity index is 1.57. The van der Waals surface area contributed by atoms with E-state index in [0.29, 0.717) is 12.0 Å². The van der Waals surface area contributed by atoms with E-state index in [0.717, 1.165) is 39.0 Å². The molecule has 0 spiro atoms. The highest BCUT2D eigenvalue weighted by Crippen LogP contribution is 2.17. The van der Waals surface area contributed by atoms with E-state index in [2.05, 4.69) is 10.6 Å². The fourth-order valence-corrected chi connectivity index (χ4v) is 1.99. The lowest BCUT2D eigenvalue weighted by Crippen LogP contribution is -2.46. The van der Waals surface area contributed by atoms with Crippen LogP contribution < -0.4 is 10.6 Å². The molecule has 1 saturated heterocycles. The number of ether oxygens (including phenoxy) is 1. The molecule has 2 aliphatic rings. The molecule has 2 N–H and O–H groups in total. The highest BCUT2D eigenvalue weighted by atomic mass is 16.5. The second kappa shape index (κ2) is 5.35. The van der Waals surface area contributed by atoms with Crippen molar-refractivity contribution in [2.75, 3.05) is 19.8 Å². The van der Waals surface area contributed by atoms with E-state index in [1.807, 2.05) is 0 Å². The van der Waals surface area contributed by atoms with Gasteiger partial charge in [0, 0.05) is 19.2 Å². The standard InChI is InChI=1S/C11H20N2O2/c14-11(13-10-4-1-5-10)12-7-9-3-2-6-15-8-9/h9-10H,1-8H2,(H2,12,13,14). The average molecular weight is 212 g/mol. The SMILES string of the molecule is O=C(NCC1CCCOC1)NC1CCC1. The van der Waals surface area contributed by atoms with Gasteiger partial charge in [-0.1, -0.05) is 0 Å². The second-order valence-corrected chi connectivity index (χ2v) is 4.57. The molecule has 4 heteroatoms. The van der Waals surface area contributed by atoms with Crippen LogP contribution in [0.15, 0.2) is 0 Å². The van der Waals surface area contributed by atoms with Gasteiger partial charge >= 0.3 is 6.03 Å². The molecule has 0 bridgehead atoms. The van der Waals surface area contributed by atoms with E-state index in [4.69, 9.17) is 4.74 Å². The lowest BCUT2D eigenvalue weighted by molar-refractivity contribution is 0.0557. The first kappa shape index (κ1) is 10.7. The summed E-state index contributed by atoms with van der Waals surface area (Å²) < 4.78 is 5.36. The summed E-state index contributed by atoms with van der Waals surface area (Å²) in [6, 6.07) is 0.415. The molecule has 2 fully saturated rings. The van der Waals surface area contributed by atoms with E-state index in [1.54, 1.807) is 0 Å². The van der Waals surface area contributed by atoms with Crippen LogP contribution in [0.3, 0.4) is 0 Å². The van der Waals surface area contributed by atoms with Crippen molar-refractivity contribution in [2.45, 2.75) is 38.1 Å². The van der Waals surface area contributed by atoms with Gasteiger partial charge in [0.15, 0.2) is 0 Å². The molecule has 1 aliphatic heterocycles. The van der Waals surface area contributed by atoms with Crippen molar-refractivity contribution in [3.63, 3.8) is 0 Å². The monoisotopic (exact) mass is 212 g/mol. The second-order valence-electron chi connectivity index (χ2n) is 4.57. The molecule has 2 amide bonds. The Bertz CT molecular complexity index is 211. The van der Waals surface area contributed by atoms with E-state index >= 15 is 0 Å². The number of rotatable bonds is 3. The molecule has 4 nitrogen and oxygen atoms in total. The predicted molar refractivity (Wildman–Crippen MR) is 57.7 cm³/mol. The summed E-state index contributed by atoms with van der Waals surface area (Å²) in [6.07, 6.45) is 5.82. The third-order valence-electron chi connectivity index (χ3n) is 3.25. The van der Waals surface area contributed by atoms with Crippen LogP contribution in [0.1, 0.15) is 32.1 Å². The third-order valence-corrected chi connectivity index (χ3v) is 3.25. The molecule has 0 radical (unpaired) electrons. The fourth-order valence-electron chi connectivity index (χ4n) is 1.99. The number of carbonyl (C=O) groups excluding carboxylic acids is 1.